The van der Waals surface area contributed by atoms with Crippen LogP contribution in [-0.2, 0) is 6.42 Å². The molecular formula is C16H18N4O5. The lowest BCUT2D eigenvalue weighted by molar-refractivity contribution is -0.401. The summed E-state index contributed by atoms with van der Waals surface area (Å²) in [7, 11) is 0. The minimum atomic E-state index is -0.538. The van der Waals surface area contributed by atoms with Gasteiger partial charge >= 0.3 is 5.88 Å². The van der Waals surface area contributed by atoms with Crippen LogP contribution in [0.2, 0.25) is 0 Å². The van der Waals surface area contributed by atoms with Crippen molar-refractivity contribution >= 4 is 17.5 Å². The first kappa shape index (κ1) is 16.9. The average molecular weight is 346 g/mol. The van der Waals surface area contributed by atoms with E-state index >= 15 is 0 Å². The lowest BCUT2D eigenvalue weighted by atomic mass is 10.1. The van der Waals surface area contributed by atoms with E-state index in [1.807, 2.05) is 4.90 Å². The van der Waals surface area contributed by atoms with Crippen molar-refractivity contribution in [3.05, 3.63) is 62.2 Å². The number of nitro groups is 2. The number of hydrogen-bond donors (Lipinski definition) is 0. The zero-order valence-corrected chi connectivity index (χ0v) is 13.5. The summed E-state index contributed by atoms with van der Waals surface area (Å²) >= 11 is 0. The summed E-state index contributed by atoms with van der Waals surface area (Å²) in [6.07, 6.45) is 0.824. The molecule has 0 N–H and O–H groups in total. The molecule has 1 aromatic carbocycles. The minimum Gasteiger partial charge on any atom is -0.384 e. The number of anilines is 1. The highest BCUT2D eigenvalue weighted by atomic mass is 16.6. The molecule has 0 saturated carbocycles. The van der Waals surface area contributed by atoms with Crippen LogP contribution >= 0.6 is 0 Å². The lowest BCUT2D eigenvalue weighted by Crippen LogP contribution is -2.46. The van der Waals surface area contributed by atoms with E-state index in [1.54, 1.807) is 18.2 Å². The molecule has 2 heterocycles. The van der Waals surface area contributed by atoms with Crippen molar-refractivity contribution in [2.75, 3.05) is 37.6 Å². The van der Waals surface area contributed by atoms with Gasteiger partial charge in [0.2, 0.25) is 5.88 Å². The van der Waals surface area contributed by atoms with Gasteiger partial charge in [0, 0.05) is 50.9 Å². The van der Waals surface area contributed by atoms with Gasteiger partial charge in [-0.25, -0.2) is 0 Å². The molecule has 0 aliphatic carbocycles. The fourth-order valence-corrected chi connectivity index (χ4v) is 2.85. The van der Waals surface area contributed by atoms with Crippen LogP contribution in [0.25, 0.3) is 0 Å². The van der Waals surface area contributed by atoms with E-state index in [4.69, 9.17) is 4.42 Å². The Kier molecular flexibility index (Phi) is 4.94. The Labute approximate surface area is 143 Å². The van der Waals surface area contributed by atoms with Crippen LogP contribution in [0, 0.1) is 20.2 Å². The van der Waals surface area contributed by atoms with Crippen molar-refractivity contribution in [3.8, 4) is 0 Å². The molecule has 2 aromatic rings. The zero-order valence-electron chi connectivity index (χ0n) is 13.5. The number of benzene rings is 1. The molecule has 25 heavy (non-hydrogen) atoms. The van der Waals surface area contributed by atoms with E-state index in [0.29, 0.717) is 5.88 Å². The molecule has 0 atom stereocenters. The molecular weight excluding hydrogens is 328 g/mol. The van der Waals surface area contributed by atoms with Crippen LogP contribution in [0.3, 0.4) is 0 Å². The summed E-state index contributed by atoms with van der Waals surface area (Å²) in [6, 6.07) is 9.63. The molecule has 0 bridgehead atoms. The van der Waals surface area contributed by atoms with Crippen molar-refractivity contribution in [3.63, 3.8) is 0 Å². The normalized spacial score (nSPS) is 15.3. The first-order chi connectivity index (χ1) is 12.0. The second-order valence-electron chi connectivity index (χ2n) is 5.87. The predicted octanol–water partition coefficient (Wildman–Crippen LogP) is 2.46. The third kappa shape index (κ3) is 4.13. The maximum absolute atomic E-state index is 10.7. The number of nitro benzene ring substituents is 1. The van der Waals surface area contributed by atoms with Crippen molar-refractivity contribution in [1.82, 2.24) is 4.90 Å². The van der Waals surface area contributed by atoms with E-state index in [-0.39, 0.29) is 11.6 Å². The van der Waals surface area contributed by atoms with E-state index < -0.39 is 9.85 Å². The molecule has 0 amide bonds. The van der Waals surface area contributed by atoms with Crippen LogP contribution < -0.4 is 4.90 Å². The largest absolute Gasteiger partial charge is 0.434 e. The minimum absolute atomic E-state index is 0.102. The van der Waals surface area contributed by atoms with Gasteiger partial charge in [0.05, 0.1) is 11.0 Å². The number of piperazine rings is 1. The lowest BCUT2D eigenvalue weighted by Gasteiger charge is -2.34. The maximum Gasteiger partial charge on any atom is 0.434 e. The molecule has 1 aliphatic heterocycles. The summed E-state index contributed by atoms with van der Waals surface area (Å²) in [5.74, 6) is 0.289. The SMILES string of the molecule is O=[N+]([O-])c1ccc(CCN2CCN(c3ccc([N+](=O)[O-])o3)CC2)cc1. The number of non-ortho nitro benzene ring substituents is 1. The van der Waals surface area contributed by atoms with Crippen LogP contribution in [0.15, 0.2) is 40.8 Å². The van der Waals surface area contributed by atoms with E-state index in [0.717, 1.165) is 44.7 Å². The summed E-state index contributed by atoms with van der Waals surface area (Å²) in [6.45, 7) is 4.02. The van der Waals surface area contributed by atoms with Gasteiger partial charge in [0.25, 0.3) is 5.69 Å². The zero-order chi connectivity index (χ0) is 17.8. The molecule has 0 unspecified atom stereocenters. The Balaban J connectivity index is 1.47. The number of nitrogens with zero attached hydrogens (tertiary/aromatic N) is 4. The Hall–Kier alpha value is -2.94. The molecule has 3 rings (SSSR count). The van der Waals surface area contributed by atoms with Gasteiger partial charge in [-0.05, 0) is 12.0 Å². The number of rotatable bonds is 6. The summed E-state index contributed by atoms with van der Waals surface area (Å²) < 4.78 is 5.23. The van der Waals surface area contributed by atoms with Crippen LogP contribution in [0.1, 0.15) is 5.56 Å². The van der Waals surface area contributed by atoms with E-state index in [2.05, 4.69) is 4.90 Å². The molecule has 1 fully saturated rings. The number of furan rings is 1. The first-order valence-electron chi connectivity index (χ1n) is 7.98. The van der Waals surface area contributed by atoms with Gasteiger partial charge in [0.1, 0.15) is 4.92 Å². The quantitative estimate of drug-likeness (QED) is 0.584. The maximum atomic E-state index is 10.7. The Morgan fingerprint density at radius 2 is 1.60 bits per heavy atom. The van der Waals surface area contributed by atoms with E-state index in [9.17, 15) is 20.2 Å². The fourth-order valence-electron chi connectivity index (χ4n) is 2.85. The van der Waals surface area contributed by atoms with E-state index in [1.165, 1.54) is 18.2 Å². The standard InChI is InChI=1S/C16H18N4O5/c21-19(22)14-3-1-13(2-4-14)7-8-17-9-11-18(12-10-17)15-5-6-16(25-15)20(23)24/h1-6H,7-12H2. The van der Waals surface area contributed by atoms with Crippen molar-refractivity contribution in [2.45, 2.75) is 6.42 Å². The van der Waals surface area contributed by atoms with Gasteiger partial charge in [-0.2, -0.15) is 0 Å². The van der Waals surface area contributed by atoms with Crippen molar-refractivity contribution < 1.29 is 14.3 Å². The molecule has 132 valence electrons. The second kappa shape index (κ2) is 7.31. The fraction of sp³-hybridized carbons (Fsp3) is 0.375. The van der Waals surface area contributed by atoms with Gasteiger partial charge in [-0.15, -0.1) is 0 Å². The smallest absolute Gasteiger partial charge is 0.384 e. The summed E-state index contributed by atoms with van der Waals surface area (Å²) in [5.41, 5.74) is 1.17. The van der Waals surface area contributed by atoms with Crippen molar-refractivity contribution in [1.29, 1.82) is 0 Å². The molecule has 9 heteroatoms. The molecule has 1 aliphatic rings. The topological polar surface area (TPSA) is 106 Å². The molecule has 1 saturated heterocycles. The van der Waals surface area contributed by atoms with Gasteiger partial charge in [-0.1, -0.05) is 12.1 Å². The van der Waals surface area contributed by atoms with Crippen LogP contribution in [0.4, 0.5) is 17.5 Å². The predicted molar refractivity (Wildman–Crippen MR) is 90.8 cm³/mol. The highest BCUT2D eigenvalue weighted by Gasteiger charge is 2.21. The van der Waals surface area contributed by atoms with Crippen molar-refractivity contribution in [2.24, 2.45) is 0 Å². The first-order valence-corrected chi connectivity index (χ1v) is 7.98. The summed E-state index contributed by atoms with van der Waals surface area (Å²) in [4.78, 5) is 24.7. The third-order valence-electron chi connectivity index (χ3n) is 4.31. The highest BCUT2D eigenvalue weighted by molar-refractivity contribution is 5.40. The Morgan fingerprint density at radius 1 is 0.920 bits per heavy atom. The molecule has 0 spiro atoms. The Bertz CT molecular complexity index is 750. The molecule has 9 nitrogen and oxygen atoms in total. The highest BCUT2D eigenvalue weighted by Crippen LogP contribution is 2.24. The molecule has 1 aromatic heterocycles. The Morgan fingerprint density at radius 3 is 2.16 bits per heavy atom. The number of hydrogen-bond acceptors (Lipinski definition) is 7. The van der Waals surface area contributed by atoms with Gasteiger partial charge in [0.15, 0.2) is 0 Å². The molecule has 0 radical (unpaired) electrons. The third-order valence-corrected chi connectivity index (χ3v) is 4.31. The monoisotopic (exact) mass is 346 g/mol. The second-order valence-corrected chi connectivity index (χ2v) is 5.87. The van der Waals surface area contributed by atoms with Gasteiger partial charge < -0.3 is 9.32 Å². The average Bonchev–Trinajstić information content (AvgIpc) is 3.11. The van der Waals surface area contributed by atoms with Crippen LogP contribution in [0.5, 0.6) is 0 Å². The van der Waals surface area contributed by atoms with Crippen LogP contribution in [-0.4, -0.2) is 47.5 Å². The summed E-state index contributed by atoms with van der Waals surface area (Å²) in [5, 5.41) is 21.3. The van der Waals surface area contributed by atoms with Gasteiger partial charge in [-0.3, -0.25) is 25.1 Å².